The molecule has 1 fully saturated rings. The Morgan fingerprint density at radius 2 is 1.64 bits per heavy atom. The van der Waals surface area contributed by atoms with E-state index in [1.54, 1.807) is 17.0 Å². The first kappa shape index (κ1) is 28.6. The number of carbonyl (C=O) groups excluding carboxylic acids is 4. The minimum absolute atomic E-state index is 0.000580. The molecule has 2 aliphatic rings. The van der Waals surface area contributed by atoms with Crippen LogP contribution in [0.4, 0.5) is 0 Å². The van der Waals surface area contributed by atoms with Gasteiger partial charge in [0.25, 0.3) is 0 Å². The summed E-state index contributed by atoms with van der Waals surface area (Å²) < 4.78 is 0. The Labute approximate surface area is 235 Å². The van der Waals surface area contributed by atoms with E-state index in [0.717, 1.165) is 17.5 Å². The number of allylic oxidation sites excluding steroid dienone is 2. The predicted molar refractivity (Wildman–Crippen MR) is 151 cm³/mol. The second-order valence-electron chi connectivity index (χ2n) is 10.4. The van der Waals surface area contributed by atoms with Gasteiger partial charge in [-0.1, -0.05) is 73.1 Å². The van der Waals surface area contributed by atoms with E-state index >= 15 is 0 Å². The monoisotopic (exact) mass is 549 g/mol. The third-order valence-electron chi connectivity index (χ3n) is 7.66. The number of hydrogen-bond acceptors (Lipinski definition) is 4. The van der Waals surface area contributed by atoms with Gasteiger partial charge in [-0.15, -0.1) is 0 Å². The lowest BCUT2D eigenvalue weighted by molar-refractivity contribution is -0.144. The van der Waals surface area contributed by atoms with Crippen LogP contribution in [0, 0.1) is 11.8 Å². The molecule has 0 spiro atoms. The number of likely N-dealkylation sites (tertiary alicyclic amines) is 1. The second kappa shape index (κ2) is 13.1. The molecule has 39 heavy (non-hydrogen) atoms. The molecular weight excluding hydrogens is 514 g/mol. The van der Waals surface area contributed by atoms with Crippen molar-refractivity contribution in [3.05, 3.63) is 82.9 Å². The van der Waals surface area contributed by atoms with Gasteiger partial charge in [0.05, 0.1) is 11.8 Å². The molecule has 0 radical (unpaired) electrons. The van der Waals surface area contributed by atoms with E-state index in [1.807, 2.05) is 68.5 Å². The molecule has 4 atom stereocenters. The van der Waals surface area contributed by atoms with Crippen molar-refractivity contribution in [1.29, 1.82) is 0 Å². The summed E-state index contributed by atoms with van der Waals surface area (Å²) in [6.07, 6.45) is 6.00. The third-order valence-corrected chi connectivity index (χ3v) is 7.90. The van der Waals surface area contributed by atoms with E-state index in [9.17, 15) is 19.2 Å². The van der Waals surface area contributed by atoms with E-state index in [2.05, 4.69) is 5.32 Å². The number of imide groups is 1. The zero-order valence-corrected chi connectivity index (χ0v) is 23.3. The van der Waals surface area contributed by atoms with Crippen LogP contribution in [-0.2, 0) is 32.1 Å². The molecule has 4 rings (SSSR count). The minimum atomic E-state index is -0.787. The molecule has 1 N–H and O–H groups in total. The molecule has 0 unspecified atom stereocenters. The summed E-state index contributed by atoms with van der Waals surface area (Å²) in [5.41, 5.74) is 1.71. The number of fused-ring (bicyclic) bond motifs is 1. The molecule has 206 valence electrons. The van der Waals surface area contributed by atoms with E-state index in [1.165, 1.54) is 4.90 Å². The molecule has 8 heteroatoms. The number of halogens is 1. The molecule has 2 aromatic rings. The normalized spacial score (nSPS) is 19.9. The van der Waals surface area contributed by atoms with Crippen LogP contribution in [0.5, 0.6) is 0 Å². The number of hydrogen-bond donors (Lipinski definition) is 1. The number of amides is 4. The average molecular weight is 550 g/mol. The van der Waals surface area contributed by atoms with Gasteiger partial charge in [-0.2, -0.15) is 0 Å². The lowest BCUT2D eigenvalue weighted by atomic mass is 9.85. The van der Waals surface area contributed by atoms with Crippen LogP contribution >= 0.6 is 11.6 Å². The van der Waals surface area contributed by atoms with Crippen LogP contribution in [0.2, 0.25) is 5.02 Å². The summed E-state index contributed by atoms with van der Waals surface area (Å²) in [6, 6.07) is 15.9. The average Bonchev–Trinajstić information content (AvgIpc) is 3.18. The maximum absolute atomic E-state index is 13.9. The Hall–Kier alpha value is -3.45. The number of nitrogens with one attached hydrogen (secondary N) is 1. The van der Waals surface area contributed by atoms with Gasteiger partial charge in [0.1, 0.15) is 6.04 Å². The second-order valence-corrected chi connectivity index (χ2v) is 10.8. The Bertz CT molecular complexity index is 1210. The molecular formula is C31H36ClN3O4. The van der Waals surface area contributed by atoms with Gasteiger partial charge in [-0.05, 0) is 49.4 Å². The summed E-state index contributed by atoms with van der Waals surface area (Å²) in [6.45, 7) is 4.09. The van der Waals surface area contributed by atoms with Crippen molar-refractivity contribution in [2.24, 2.45) is 11.8 Å². The van der Waals surface area contributed by atoms with Crippen molar-refractivity contribution >= 4 is 35.2 Å². The van der Waals surface area contributed by atoms with E-state index in [-0.39, 0.29) is 61.0 Å². The topological polar surface area (TPSA) is 86.8 Å². The number of carbonyl (C=O) groups is 4. The van der Waals surface area contributed by atoms with Crippen molar-refractivity contribution < 1.29 is 19.2 Å². The maximum atomic E-state index is 13.9. The minimum Gasteiger partial charge on any atom is -0.352 e. The van der Waals surface area contributed by atoms with Crippen molar-refractivity contribution in [3.8, 4) is 0 Å². The van der Waals surface area contributed by atoms with E-state index < -0.39 is 6.04 Å². The van der Waals surface area contributed by atoms with Crippen LogP contribution in [0.1, 0.15) is 50.7 Å². The highest BCUT2D eigenvalue weighted by atomic mass is 35.5. The standard InChI is InChI=1S/C31H36ClN3O4/c1-3-21(2)33-29(37)27(19-22-10-5-4-6-11-22)35(20-23-12-9-13-24(32)18-23)28(36)16-17-34-30(38)25-14-7-8-15-26(25)31(34)39/h4-13,18,21,25-27H,3,14-17,19-20H2,1-2H3,(H,33,37)/t21-,25-,26+,27+/m0/s1. The fraction of sp³-hybridized carbons (Fsp3) is 0.419. The van der Waals surface area contributed by atoms with Gasteiger partial charge >= 0.3 is 0 Å². The first-order valence-electron chi connectivity index (χ1n) is 13.7. The fourth-order valence-electron chi connectivity index (χ4n) is 5.27. The molecule has 0 saturated carbocycles. The summed E-state index contributed by atoms with van der Waals surface area (Å²) >= 11 is 6.24. The van der Waals surface area contributed by atoms with Crippen molar-refractivity contribution in [2.45, 2.75) is 64.6 Å². The Kier molecular flexibility index (Phi) is 9.57. The summed E-state index contributed by atoms with van der Waals surface area (Å²) in [4.78, 5) is 56.2. The van der Waals surface area contributed by atoms with Gasteiger partial charge in [0.15, 0.2) is 0 Å². The molecule has 1 aliphatic heterocycles. The maximum Gasteiger partial charge on any atom is 0.243 e. The molecule has 0 bridgehead atoms. The molecule has 0 aromatic heterocycles. The van der Waals surface area contributed by atoms with Gasteiger partial charge in [0, 0.05) is 37.0 Å². The quantitative estimate of drug-likeness (QED) is 0.329. The lowest BCUT2D eigenvalue weighted by Crippen LogP contribution is -2.52. The van der Waals surface area contributed by atoms with Crippen molar-refractivity contribution in [1.82, 2.24) is 15.1 Å². The lowest BCUT2D eigenvalue weighted by Gasteiger charge is -2.33. The van der Waals surface area contributed by atoms with Crippen LogP contribution in [0.25, 0.3) is 0 Å². The molecule has 4 amide bonds. The number of rotatable bonds is 11. The molecule has 1 heterocycles. The number of nitrogens with zero attached hydrogens (tertiary/aromatic N) is 2. The van der Waals surface area contributed by atoms with Gasteiger partial charge in [-0.3, -0.25) is 24.1 Å². The largest absolute Gasteiger partial charge is 0.352 e. The smallest absolute Gasteiger partial charge is 0.243 e. The SMILES string of the molecule is CC[C@H](C)NC(=O)[C@@H](Cc1ccccc1)N(Cc1cccc(Cl)c1)C(=O)CCN1C(=O)[C@H]2CC=CC[C@H]2C1=O. The first-order chi connectivity index (χ1) is 18.8. The molecule has 7 nitrogen and oxygen atoms in total. The summed E-state index contributed by atoms with van der Waals surface area (Å²) in [7, 11) is 0. The fourth-order valence-corrected chi connectivity index (χ4v) is 5.48. The molecule has 1 aliphatic carbocycles. The molecule has 2 aromatic carbocycles. The highest BCUT2D eigenvalue weighted by Crippen LogP contribution is 2.35. The summed E-state index contributed by atoms with van der Waals surface area (Å²) in [5, 5.41) is 3.58. The van der Waals surface area contributed by atoms with E-state index in [4.69, 9.17) is 11.6 Å². The predicted octanol–water partition coefficient (Wildman–Crippen LogP) is 4.54. The summed E-state index contributed by atoms with van der Waals surface area (Å²) in [5.74, 6) is -1.64. The Morgan fingerprint density at radius 1 is 1.00 bits per heavy atom. The zero-order chi connectivity index (χ0) is 27.9. The number of benzene rings is 2. The highest BCUT2D eigenvalue weighted by Gasteiger charge is 2.47. The van der Waals surface area contributed by atoms with Crippen molar-refractivity contribution in [3.63, 3.8) is 0 Å². The zero-order valence-electron chi connectivity index (χ0n) is 22.5. The Balaban J connectivity index is 1.59. The molecule has 1 saturated heterocycles. The van der Waals surface area contributed by atoms with Crippen LogP contribution in [0.15, 0.2) is 66.7 Å². The van der Waals surface area contributed by atoms with Crippen molar-refractivity contribution in [2.75, 3.05) is 6.54 Å². The van der Waals surface area contributed by atoms with Gasteiger partial charge < -0.3 is 10.2 Å². The van der Waals surface area contributed by atoms with Crippen LogP contribution in [-0.4, -0.2) is 52.1 Å². The van der Waals surface area contributed by atoms with Crippen LogP contribution < -0.4 is 5.32 Å². The third kappa shape index (κ3) is 6.95. The van der Waals surface area contributed by atoms with Gasteiger partial charge in [-0.25, -0.2) is 0 Å². The highest BCUT2D eigenvalue weighted by molar-refractivity contribution is 6.30. The van der Waals surface area contributed by atoms with E-state index in [0.29, 0.717) is 24.3 Å². The van der Waals surface area contributed by atoms with Gasteiger partial charge in [0.2, 0.25) is 23.6 Å². The van der Waals surface area contributed by atoms with Crippen LogP contribution in [0.3, 0.4) is 0 Å². The first-order valence-corrected chi connectivity index (χ1v) is 14.0. The Morgan fingerprint density at radius 3 is 2.26 bits per heavy atom.